The average molecular weight is 2060 g/mol. The Bertz CT molecular complexity index is 4860. The Hall–Kier alpha value is -12.8. The number of aromatic hydroxyl groups is 2. The van der Waals surface area contributed by atoms with Crippen LogP contribution in [0.15, 0.2) is 54.7 Å². The molecule has 2 aromatic carbocycles. The molecule has 56 heteroatoms. The fourth-order valence-electron chi connectivity index (χ4n) is 14.9. The molecule has 16 amide bonds. The summed E-state index contributed by atoms with van der Waals surface area (Å²) in [5.74, 6) is -26.9. The Labute approximate surface area is 824 Å². The number of aryl methyl sites for hydroxylation is 1. The van der Waals surface area contributed by atoms with Gasteiger partial charge in [-0.15, -0.1) is 5.10 Å². The number of hydrogen-bond acceptors (Lipinski definition) is 34. The van der Waals surface area contributed by atoms with Gasteiger partial charge in [-0.3, -0.25) is 120 Å². The molecule has 141 heavy (non-hydrogen) atoms. The molecule has 14 atom stereocenters. The predicted octanol–water partition coefficient (Wildman–Crippen LogP) is -8.24. The number of carboxylic acid groups (broad SMARTS) is 5. The van der Waals surface area contributed by atoms with Gasteiger partial charge in [0.25, 0.3) is 0 Å². The zero-order chi connectivity index (χ0) is 104. The van der Waals surface area contributed by atoms with E-state index >= 15 is 24.0 Å². The number of amides is 16. The number of fused-ring (bicyclic) bond motifs is 34. The minimum atomic E-state index is -2.03. The zero-order valence-electron chi connectivity index (χ0n) is 77.8. The lowest BCUT2D eigenvalue weighted by Gasteiger charge is -2.32. The summed E-state index contributed by atoms with van der Waals surface area (Å²) in [6.45, 7) is 2.43. The number of carbonyl (C=O) groups excluding carboxylic acids is 16. The number of rotatable bonds is 33. The van der Waals surface area contributed by atoms with Crippen molar-refractivity contribution < 1.29 is 142 Å². The van der Waals surface area contributed by atoms with Crippen molar-refractivity contribution in [3.05, 3.63) is 71.5 Å². The van der Waals surface area contributed by atoms with E-state index in [0.29, 0.717) is 61.6 Å². The number of nitrogens with two attached hydrogens (primary N) is 1. The summed E-state index contributed by atoms with van der Waals surface area (Å²) in [6, 6.07) is -13.0. The average Bonchev–Trinajstić information content (AvgIpc) is 1.68. The van der Waals surface area contributed by atoms with Crippen LogP contribution in [0.3, 0.4) is 0 Å². The van der Waals surface area contributed by atoms with Crippen LogP contribution in [0.25, 0.3) is 0 Å². The van der Waals surface area contributed by atoms with Crippen LogP contribution in [0.2, 0.25) is 0 Å². The minimum Gasteiger partial charge on any atom is -0.508 e. The fourth-order valence-corrected chi connectivity index (χ4v) is 19.6. The Morgan fingerprint density at radius 3 is 1.60 bits per heavy atom. The van der Waals surface area contributed by atoms with Crippen LogP contribution in [-0.2, 0) is 127 Å². The predicted molar refractivity (Wildman–Crippen MR) is 505 cm³/mol. The number of phenols is 2. The summed E-state index contributed by atoms with van der Waals surface area (Å²) in [5.41, 5.74) is 6.39. The molecular formula is C85H123N23O29S4. The van der Waals surface area contributed by atoms with E-state index in [2.05, 4.69) is 84.7 Å². The molecule has 0 unspecified atom stereocenters. The normalized spacial score (nSPS) is 23.5. The quantitative estimate of drug-likeness (QED) is 0.0153. The maximum absolute atomic E-state index is 15.4. The van der Waals surface area contributed by atoms with Crippen molar-refractivity contribution in [2.24, 2.45) is 12.8 Å². The van der Waals surface area contributed by atoms with Crippen LogP contribution < -0.4 is 80.2 Å². The lowest BCUT2D eigenvalue weighted by Crippen LogP contribution is -2.61. The van der Waals surface area contributed by atoms with E-state index in [9.17, 15) is 118 Å². The van der Waals surface area contributed by atoms with Crippen molar-refractivity contribution in [2.75, 3.05) is 121 Å². The molecule has 6 heterocycles. The van der Waals surface area contributed by atoms with E-state index in [4.69, 9.17) is 5.73 Å². The number of nitrogens with one attached hydrogen (secondary N) is 14. The van der Waals surface area contributed by atoms with Gasteiger partial charge in [-0.25, -0.2) is 4.79 Å². The van der Waals surface area contributed by atoms with Gasteiger partial charge < -0.3 is 126 Å². The molecule has 776 valence electrons. The summed E-state index contributed by atoms with van der Waals surface area (Å²) in [6.07, 6.45) is -4.20. The van der Waals surface area contributed by atoms with Crippen molar-refractivity contribution in [3.63, 3.8) is 0 Å². The van der Waals surface area contributed by atoms with Crippen molar-refractivity contribution in [1.29, 1.82) is 0 Å². The summed E-state index contributed by atoms with van der Waals surface area (Å²) >= 11 is 0. The van der Waals surface area contributed by atoms with Crippen LogP contribution in [0.1, 0.15) is 102 Å². The first-order valence-corrected chi connectivity index (χ1v) is 50.2. The Balaban J connectivity index is 1.26. The molecule has 8 rings (SSSR count). The van der Waals surface area contributed by atoms with E-state index in [-0.39, 0.29) is 159 Å². The monoisotopic (exact) mass is 2060 g/mol. The first-order chi connectivity index (χ1) is 66.9. The summed E-state index contributed by atoms with van der Waals surface area (Å²) in [5, 5.41) is 124. The van der Waals surface area contributed by atoms with E-state index < -0.39 is 264 Å². The van der Waals surface area contributed by atoms with Gasteiger partial charge >= 0.3 is 29.8 Å². The van der Waals surface area contributed by atoms with Crippen LogP contribution in [-0.4, -0.2) is 411 Å². The smallest absolute Gasteiger partial charge is 0.326 e. The second-order valence-corrected chi connectivity index (χ2v) is 38.9. The molecule has 5 saturated heterocycles. The third-order valence-electron chi connectivity index (χ3n) is 22.7. The van der Waals surface area contributed by atoms with E-state index in [0.717, 1.165) is 11.8 Å². The molecule has 24 N–H and O–H groups in total. The van der Waals surface area contributed by atoms with Gasteiger partial charge in [-0.05, 0) is 87.8 Å². The number of hydrogen-bond donors (Lipinski definition) is 23. The Kier molecular flexibility index (Phi) is 47.8. The van der Waals surface area contributed by atoms with E-state index in [1.54, 1.807) is 19.6 Å². The van der Waals surface area contributed by atoms with Gasteiger partial charge in [0, 0.05) is 128 Å². The number of aromatic nitrogens is 3. The maximum atomic E-state index is 15.4. The van der Waals surface area contributed by atoms with Gasteiger partial charge in [0.1, 0.15) is 90.0 Å². The number of carboxylic acids is 5. The Morgan fingerprint density at radius 2 is 1.05 bits per heavy atom. The Morgan fingerprint density at radius 1 is 0.525 bits per heavy atom. The number of aliphatic carboxylic acids is 5. The van der Waals surface area contributed by atoms with E-state index in [1.165, 1.54) is 80.3 Å². The molecule has 2 bridgehead atoms. The highest BCUT2D eigenvalue weighted by Crippen LogP contribution is 2.27. The molecule has 52 nitrogen and oxygen atoms in total. The molecule has 0 radical (unpaired) electrons. The number of unbranched alkanes of at least 4 members (excludes halogenated alkanes) is 2. The SMILES string of the molecule is CC[C@@H]1NC(=O)[C@@H]2CSSC[C@@H](C(=O)N[C@@H](Cc3ccc(O)cc3)C(=O)O)NC(=O)CNC(=O)[C@H]([C@@H](C)O)NC(=O)[C@H](CSSC[C@H](NC(=O)[C@H](Cc3cnnn3C)NC(=O)CCCCCNC(=O)CN3CCN(CC(=O)O)CCN(CC(=O)O)CCN(CC(=O)O)CC3)C(=O)N[C@@H](CCC(=O)O)C(=O)N[C@@H](Cc3ccc(O)cc3)C(=O)N2)NC(=O)[C@H](C)NC(=O)[C@@H]2CCCN2C(=O)[C@H](CC(N)=O)NC1=O. The third kappa shape index (κ3) is 40.4. The lowest BCUT2D eigenvalue weighted by molar-refractivity contribution is -0.143. The van der Waals surface area contributed by atoms with Crippen LogP contribution >= 0.6 is 43.2 Å². The standard InChI is InChI=1S/C85H123N23O29S4/c1-5-53-74(125)96-57(35-64(86)112)84(135)108-23-9-10-63(108)82(133)90-46(2)73(124)98-62-45-141-140-44-61(100-77(128)56(34-50-36-89-102-103(50)4)91-65(113)11-7-6-8-22-87-67(115)38-104-24-26-105(39-69(118)119)28-30-107(41-71(122)123)31-29-106(27-25-104)40-70(120)121)80(131)94-54(20-21-68(116)117)75(126)95-55(32-48-12-16-51(110)17-13-48)76(127)99-60(79(130)93-53)43-139-138-42-59(92-66(114)37-88-83(134)72(47(3)109)101-81(62)132)78(129)97-58(85(136)137)33-49-14-18-52(111)19-15-49/h12-19,36,46-47,53-63,72,109-111H,5-11,20-35,37-45H2,1-4H3,(H2,86,112)(H,87,115)(H,88,134)(H,90,133)(H,91,113)(H,92,114)(H,93,130)(H,94,131)(H,95,126)(H,96,125)(H,97,129)(H,98,124)(H,99,127)(H,100,128)(H,101,132)(H,116,117)(H,118,119)(H,120,121)(H,122,123)(H,136,137)/t46-,47+,53-,54-,55-,56-,57-,58-,59-,60-,61-,62-,63-,72-/m0/s1. The number of aliphatic hydroxyl groups is 1. The first kappa shape index (κ1) is 115. The van der Waals surface area contributed by atoms with Crippen LogP contribution in [0.4, 0.5) is 0 Å². The van der Waals surface area contributed by atoms with Crippen molar-refractivity contribution in [2.45, 2.75) is 189 Å². The van der Waals surface area contributed by atoms with Crippen molar-refractivity contribution in [1.82, 2.24) is 114 Å². The first-order valence-electron chi connectivity index (χ1n) is 45.2. The molecule has 5 aliphatic heterocycles. The maximum Gasteiger partial charge on any atom is 0.326 e. The highest BCUT2D eigenvalue weighted by Gasteiger charge is 2.43. The molecule has 0 saturated carbocycles. The number of phenolic OH excluding ortho intramolecular Hbond substituents is 2. The number of nitrogens with zero attached hydrogens (tertiary/aromatic N) is 8. The lowest BCUT2D eigenvalue weighted by atomic mass is 10.0. The highest BCUT2D eigenvalue weighted by molar-refractivity contribution is 8.77. The van der Waals surface area contributed by atoms with Crippen molar-refractivity contribution in [3.8, 4) is 11.5 Å². The largest absolute Gasteiger partial charge is 0.508 e. The number of primary amides is 1. The van der Waals surface area contributed by atoms with Gasteiger partial charge in [-0.2, -0.15) is 0 Å². The van der Waals surface area contributed by atoms with Gasteiger partial charge in [0.15, 0.2) is 0 Å². The number of carbonyl (C=O) groups is 21. The van der Waals surface area contributed by atoms with Gasteiger partial charge in [0.05, 0.1) is 57.1 Å². The van der Waals surface area contributed by atoms with Crippen LogP contribution in [0.5, 0.6) is 11.5 Å². The molecule has 1 aromatic heterocycles. The molecule has 5 fully saturated rings. The van der Waals surface area contributed by atoms with Crippen LogP contribution in [0, 0.1) is 0 Å². The summed E-state index contributed by atoms with van der Waals surface area (Å²) < 4.78 is 1.27. The van der Waals surface area contributed by atoms with Gasteiger partial charge in [-0.1, -0.05) is 86.0 Å². The summed E-state index contributed by atoms with van der Waals surface area (Å²) in [7, 11) is 4.22. The fraction of sp³-hybridized carbons (Fsp3) is 0.588. The second-order valence-electron chi connectivity index (χ2n) is 33.8. The molecule has 5 aliphatic rings. The second kappa shape index (κ2) is 58.5. The highest BCUT2D eigenvalue weighted by atomic mass is 33.1. The molecule has 3 aromatic rings. The topological polar surface area (TPSA) is 762 Å². The molecule has 0 aliphatic carbocycles. The molecule has 0 spiro atoms. The van der Waals surface area contributed by atoms with Crippen molar-refractivity contribution >= 4 is 168 Å². The number of aliphatic hydroxyl groups excluding tert-OH is 1. The van der Waals surface area contributed by atoms with E-state index in [1.807, 2.05) is 0 Å². The minimum absolute atomic E-state index is 0.0630. The molecular weight excluding hydrogens is 1940 g/mol. The zero-order valence-corrected chi connectivity index (χ0v) is 81.1. The van der Waals surface area contributed by atoms with Gasteiger partial charge in [0.2, 0.25) is 94.5 Å². The summed E-state index contributed by atoms with van der Waals surface area (Å²) in [4.78, 5) is 301. The third-order valence-corrected chi connectivity index (χ3v) is 27.6. The number of benzene rings is 2.